The van der Waals surface area contributed by atoms with Crippen LogP contribution in [0.1, 0.15) is 50.2 Å². The van der Waals surface area contributed by atoms with Gasteiger partial charge in [-0.3, -0.25) is 9.89 Å². The van der Waals surface area contributed by atoms with Crippen LogP contribution in [0.3, 0.4) is 0 Å². The predicted octanol–water partition coefficient (Wildman–Crippen LogP) is 2.96. The van der Waals surface area contributed by atoms with Gasteiger partial charge in [0.25, 0.3) is 0 Å². The largest absolute Gasteiger partial charge is 0.393 e. The molecule has 3 heterocycles. The van der Waals surface area contributed by atoms with Gasteiger partial charge in [-0.2, -0.15) is 0 Å². The van der Waals surface area contributed by atoms with Crippen LogP contribution >= 0.6 is 35.3 Å². The fourth-order valence-corrected chi connectivity index (χ4v) is 4.60. The van der Waals surface area contributed by atoms with Gasteiger partial charge in [0.1, 0.15) is 0 Å². The van der Waals surface area contributed by atoms with Gasteiger partial charge in [-0.05, 0) is 58.0 Å². The molecule has 0 aliphatic carbocycles. The number of likely N-dealkylation sites (tertiary alicyclic amines) is 2. The third-order valence-corrected chi connectivity index (χ3v) is 6.63. The van der Waals surface area contributed by atoms with Crippen LogP contribution in [-0.2, 0) is 13.0 Å². The highest BCUT2D eigenvalue weighted by Crippen LogP contribution is 2.20. The summed E-state index contributed by atoms with van der Waals surface area (Å²) in [6.45, 7) is 11.2. The van der Waals surface area contributed by atoms with Crippen LogP contribution < -0.4 is 5.32 Å². The van der Waals surface area contributed by atoms with Gasteiger partial charge in [-0.25, -0.2) is 4.98 Å². The first-order valence-electron chi connectivity index (χ1n) is 10.5. The highest BCUT2D eigenvalue weighted by Gasteiger charge is 2.22. The van der Waals surface area contributed by atoms with Gasteiger partial charge >= 0.3 is 0 Å². The molecule has 0 amide bonds. The molecule has 2 fully saturated rings. The number of aryl methyl sites for hydroxylation is 1. The Hall–Kier alpha value is -0.450. The Morgan fingerprint density at radius 1 is 1.21 bits per heavy atom. The van der Waals surface area contributed by atoms with Crippen molar-refractivity contribution in [1.29, 1.82) is 0 Å². The minimum absolute atomic E-state index is 0. The van der Waals surface area contributed by atoms with Gasteiger partial charge in [-0.1, -0.05) is 6.92 Å². The third kappa shape index (κ3) is 7.11. The number of hydrogen-bond donors (Lipinski definition) is 2. The van der Waals surface area contributed by atoms with Gasteiger partial charge in [0.05, 0.1) is 16.8 Å². The second-order valence-corrected chi connectivity index (χ2v) is 8.66. The van der Waals surface area contributed by atoms with Crippen molar-refractivity contribution in [3.63, 3.8) is 0 Å². The zero-order chi connectivity index (χ0) is 19.1. The molecule has 0 atom stereocenters. The maximum absolute atomic E-state index is 9.72. The van der Waals surface area contributed by atoms with Gasteiger partial charge in [0.2, 0.25) is 0 Å². The van der Waals surface area contributed by atoms with Crippen molar-refractivity contribution in [2.75, 3.05) is 39.3 Å². The highest BCUT2D eigenvalue weighted by molar-refractivity contribution is 14.0. The molecule has 0 spiro atoms. The molecule has 6 nitrogen and oxygen atoms in total. The van der Waals surface area contributed by atoms with Gasteiger partial charge < -0.3 is 15.3 Å². The molecule has 0 bridgehead atoms. The second kappa shape index (κ2) is 12.3. The second-order valence-electron chi connectivity index (χ2n) is 7.72. The number of aliphatic hydroxyl groups excluding tert-OH is 1. The summed E-state index contributed by atoms with van der Waals surface area (Å²) in [6.07, 6.45) is 5.02. The van der Waals surface area contributed by atoms with E-state index in [4.69, 9.17) is 9.98 Å². The predicted molar refractivity (Wildman–Crippen MR) is 128 cm³/mol. The summed E-state index contributed by atoms with van der Waals surface area (Å²) < 4.78 is 0. The molecule has 160 valence electrons. The monoisotopic (exact) mass is 521 g/mol. The van der Waals surface area contributed by atoms with Crippen molar-refractivity contribution in [2.24, 2.45) is 10.9 Å². The number of thiazole rings is 1. The Morgan fingerprint density at radius 2 is 1.93 bits per heavy atom. The Balaban J connectivity index is 0.00000280. The van der Waals surface area contributed by atoms with Crippen LogP contribution in [0.25, 0.3) is 0 Å². The fourth-order valence-electron chi connectivity index (χ4n) is 3.86. The van der Waals surface area contributed by atoms with E-state index in [2.05, 4.69) is 34.3 Å². The van der Waals surface area contributed by atoms with Crippen molar-refractivity contribution >= 4 is 41.3 Å². The van der Waals surface area contributed by atoms with Gasteiger partial charge in [-0.15, -0.1) is 35.3 Å². The maximum atomic E-state index is 9.72. The average molecular weight is 522 g/mol. The molecule has 2 N–H and O–H groups in total. The number of rotatable bonds is 6. The zero-order valence-electron chi connectivity index (χ0n) is 17.3. The Morgan fingerprint density at radius 3 is 2.54 bits per heavy atom. The molecular formula is C20H36IN5OS. The van der Waals surface area contributed by atoms with Crippen molar-refractivity contribution < 1.29 is 5.11 Å². The molecule has 1 aromatic rings. The quantitative estimate of drug-likeness (QED) is 0.343. The van der Waals surface area contributed by atoms with E-state index in [1.807, 2.05) is 0 Å². The normalized spacial score (nSPS) is 20.2. The van der Waals surface area contributed by atoms with Crippen molar-refractivity contribution in [3.8, 4) is 0 Å². The van der Waals surface area contributed by atoms with Crippen LogP contribution in [0.5, 0.6) is 0 Å². The lowest BCUT2D eigenvalue weighted by Gasteiger charge is -2.33. The third-order valence-electron chi connectivity index (χ3n) is 5.59. The molecular weight excluding hydrogens is 485 g/mol. The van der Waals surface area contributed by atoms with Crippen molar-refractivity contribution in [1.82, 2.24) is 20.1 Å². The summed E-state index contributed by atoms with van der Waals surface area (Å²) in [5.74, 6) is 1.70. The topological polar surface area (TPSA) is 64.0 Å². The summed E-state index contributed by atoms with van der Waals surface area (Å²) in [4.78, 5) is 14.5. The van der Waals surface area contributed by atoms with Gasteiger partial charge in [0.15, 0.2) is 5.96 Å². The molecule has 28 heavy (non-hydrogen) atoms. The minimum Gasteiger partial charge on any atom is -0.393 e. The average Bonchev–Trinajstić information content (AvgIpc) is 3.15. The first kappa shape index (κ1) is 23.8. The van der Waals surface area contributed by atoms with E-state index < -0.39 is 0 Å². The summed E-state index contributed by atoms with van der Waals surface area (Å²) >= 11 is 1.79. The number of guanidine groups is 1. The summed E-state index contributed by atoms with van der Waals surface area (Å²) in [5, 5.41) is 16.6. The summed E-state index contributed by atoms with van der Waals surface area (Å²) in [5.41, 5.74) is 1.23. The molecule has 2 aliphatic rings. The number of piperidine rings is 2. The molecule has 8 heteroatoms. The number of nitrogens with zero attached hydrogens (tertiary/aromatic N) is 4. The lowest BCUT2D eigenvalue weighted by Crippen LogP contribution is -2.47. The number of aliphatic imine (C=N–C) groups is 1. The van der Waals surface area contributed by atoms with E-state index in [0.29, 0.717) is 5.92 Å². The van der Waals surface area contributed by atoms with Crippen molar-refractivity contribution in [2.45, 2.75) is 58.6 Å². The van der Waals surface area contributed by atoms with Gasteiger partial charge in [0, 0.05) is 38.1 Å². The first-order chi connectivity index (χ1) is 13.2. The maximum Gasteiger partial charge on any atom is 0.193 e. The molecule has 0 aromatic carbocycles. The number of halogens is 1. The lowest BCUT2D eigenvalue weighted by molar-refractivity contribution is 0.108. The molecule has 2 saturated heterocycles. The van der Waals surface area contributed by atoms with E-state index in [1.54, 1.807) is 11.3 Å². The van der Waals surface area contributed by atoms with Crippen LogP contribution in [0, 0.1) is 5.92 Å². The van der Waals surface area contributed by atoms with Crippen LogP contribution in [0.4, 0.5) is 0 Å². The SMILES string of the molecule is CCNC(=NCC1CCN(Cc2csc(CC)n2)CC1)N1CCC(O)CC1.I. The Bertz CT molecular complexity index is 595. The van der Waals surface area contributed by atoms with Crippen LogP contribution in [0.2, 0.25) is 0 Å². The smallest absolute Gasteiger partial charge is 0.193 e. The van der Waals surface area contributed by atoms with Crippen molar-refractivity contribution in [3.05, 3.63) is 16.1 Å². The fraction of sp³-hybridized carbons (Fsp3) is 0.800. The summed E-state index contributed by atoms with van der Waals surface area (Å²) in [6, 6.07) is 0. The minimum atomic E-state index is -0.139. The van der Waals surface area contributed by atoms with Crippen LogP contribution in [-0.4, -0.2) is 71.2 Å². The standard InChI is InChI=1S/C20H35N5OS.HI/c1-3-19-23-17(15-27-19)14-24-9-5-16(6-10-24)13-22-20(21-4-2)25-11-7-18(26)8-12-25;/h15-16,18,26H,3-14H2,1-2H3,(H,21,22);1H. The molecule has 3 rings (SSSR count). The molecule has 2 aliphatic heterocycles. The Labute approximate surface area is 190 Å². The molecule has 1 aromatic heterocycles. The Kier molecular flexibility index (Phi) is 10.5. The number of aliphatic hydroxyl groups is 1. The molecule has 0 saturated carbocycles. The molecule has 0 unspecified atom stereocenters. The number of nitrogens with one attached hydrogen (secondary N) is 1. The lowest BCUT2D eigenvalue weighted by atomic mass is 9.97. The number of aromatic nitrogens is 1. The van der Waals surface area contributed by atoms with E-state index in [9.17, 15) is 5.11 Å². The molecule has 0 radical (unpaired) electrons. The zero-order valence-corrected chi connectivity index (χ0v) is 20.4. The number of hydrogen-bond acceptors (Lipinski definition) is 5. The van der Waals surface area contributed by atoms with E-state index in [1.165, 1.54) is 23.5 Å². The van der Waals surface area contributed by atoms with E-state index >= 15 is 0 Å². The first-order valence-corrected chi connectivity index (χ1v) is 11.4. The summed E-state index contributed by atoms with van der Waals surface area (Å²) in [7, 11) is 0. The van der Waals surface area contributed by atoms with E-state index in [0.717, 1.165) is 71.0 Å². The van der Waals surface area contributed by atoms with Crippen LogP contribution in [0.15, 0.2) is 10.4 Å². The van der Waals surface area contributed by atoms with E-state index in [-0.39, 0.29) is 30.1 Å². The highest BCUT2D eigenvalue weighted by atomic mass is 127.